The van der Waals surface area contributed by atoms with Crippen molar-refractivity contribution in [3.63, 3.8) is 0 Å². The molecule has 1 amide bonds. The van der Waals surface area contributed by atoms with Gasteiger partial charge >= 0.3 is 5.97 Å². The number of carbonyl (C=O) groups is 2. The number of aromatic carboxylic acids is 1. The number of anilines is 1. The largest absolute Gasteiger partial charge is 0.496 e. The second-order valence-corrected chi connectivity index (χ2v) is 8.38. The molecule has 10 nitrogen and oxygen atoms in total. The highest BCUT2D eigenvalue weighted by molar-refractivity contribution is 7.85. The minimum Gasteiger partial charge on any atom is -0.496 e. The molecule has 34 heavy (non-hydrogen) atoms. The van der Waals surface area contributed by atoms with Crippen LogP contribution in [0, 0.1) is 5.41 Å². The van der Waals surface area contributed by atoms with Gasteiger partial charge in [-0.2, -0.15) is 8.42 Å². The Hall–Kier alpha value is -4.22. The van der Waals surface area contributed by atoms with Crippen molar-refractivity contribution in [3.05, 3.63) is 83.4 Å². The number of nitrogen functional groups attached to an aromatic ring is 1. The van der Waals surface area contributed by atoms with Gasteiger partial charge in [0.15, 0.2) is 0 Å². The molecule has 178 valence electrons. The predicted octanol–water partition coefficient (Wildman–Crippen LogP) is 3.10. The fourth-order valence-corrected chi connectivity index (χ4v) is 2.99. The molecule has 0 spiro atoms. The van der Waals surface area contributed by atoms with Gasteiger partial charge in [-0.1, -0.05) is 24.3 Å². The molecule has 0 aliphatic carbocycles. The summed E-state index contributed by atoms with van der Waals surface area (Å²) >= 11 is 0. The molecular formula is C23H23N3O7S. The van der Waals surface area contributed by atoms with Gasteiger partial charge in [0.2, 0.25) is 0 Å². The van der Waals surface area contributed by atoms with Gasteiger partial charge in [-0.05, 0) is 42.5 Å². The van der Waals surface area contributed by atoms with Crippen LogP contribution in [0.5, 0.6) is 5.75 Å². The number of methoxy groups -OCH3 is 1. The maximum absolute atomic E-state index is 13.0. The van der Waals surface area contributed by atoms with Crippen LogP contribution in [0.1, 0.15) is 26.3 Å². The van der Waals surface area contributed by atoms with Gasteiger partial charge in [0.1, 0.15) is 11.6 Å². The monoisotopic (exact) mass is 485 g/mol. The van der Waals surface area contributed by atoms with Gasteiger partial charge in [0.05, 0.1) is 24.5 Å². The highest BCUT2D eigenvalue weighted by Gasteiger charge is 2.21. The molecule has 0 aromatic heterocycles. The lowest BCUT2D eigenvalue weighted by molar-refractivity contribution is 0.0697. The van der Waals surface area contributed by atoms with Crippen molar-refractivity contribution in [1.82, 2.24) is 0 Å². The molecule has 0 atom stereocenters. The summed E-state index contributed by atoms with van der Waals surface area (Å²) in [4.78, 5) is 24.7. The van der Waals surface area contributed by atoms with Crippen molar-refractivity contribution in [1.29, 1.82) is 5.41 Å². The Bertz CT molecular complexity index is 1310. The highest BCUT2D eigenvalue weighted by Crippen LogP contribution is 2.36. The first-order valence-electron chi connectivity index (χ1n) is 9.60. The third kappa shape index (κ3) is 7.15. The molecule has 3 aromatic carbocycles. The Labute approximate surface area is 196 Å². The first kappa shape index (κ1) is 26.0. The molecule has 0 bridgehead atoms. The van der Waals surface area contributed by atoms with Crippen molar-refractivity contribution in [2.24, 2.45) is 5.73 Å². The number of nitrogens with one attached hydrogen (secondary N) is 2. The number of carboxylic acid groups (broad SMARTS) is 1. The van der Waals surface area contributed by atoms with Crippen LogP contribution in [0.15, 0.2) is 66.7 Å². The van der Waals surface area contributed by atoms with Gasteiger partial charge in [-0.3, -0.25) is 14.8 Å². The van der Waals surface area contributed by atoms with Crippen LogP contribution in [-0.2, 0) is 10.1 Å². The number of benzene rings is 3. The van der Waals surface area contributed by atoms with Crippen LogP contribution in [0.2, 0.25) is 0 Å². The SMILES string of the molecule is COc1cccc(C(=O)Nc2ccc(C(=N)N)cc2)c1-c1ccccc1C(=O)O.CS(=O)(=O)O. The van der Waals surface area contributed by atoms with Crippen molar-refractivity contribution >= 4 is 33.5 Å². The molecule has 0 saturated heterocycles. The van der Waals surface area contributed by atoms with Crippen molar-refractivity contribution in [2.45, 2.75) is 0 Å². The number of ether oxygens (including phenoxy) is 1. The van der Waals surface area contributed by atoms with E-state index in [-0.39, 0.29) is 17.0 Å². The third-order valence-electron chi connectivity index (χ3n) is 4.37. The Balaban J connectivity index is 0.000000739. The Kier molecular flexibility index (Phi) is 8.48. The summed E-state index contributed by atoms with van der Waals surface area (Å²) in [5.41, 5.74) is 7.62. The first-order valence-corrected chi connectivity index (χ1v) is 11.4. The molecule has 6 N–H and O–H groups in total. The first-order chi connectivity index (χ1) is 15.9. The average Bonchev–Trinajstić information content (AvgIpc) is 2.77. The summed E-state index contributed by atoms with van der Waals surface area (Å²) in [6, 6.07) is 17.9. The Morgan fingerprint density at radius 2 is 1.53 bits per heavy atom. The minimum atomic E-state index is -3.67. The molecule has 0 heterocycles. The summed E-state index contributed by atoms with van der Waals surface area (Å²) < 4.78 is 31.3. The van der Waals surface area contributed by atoms with E-state index < -0.39 is 22.0 Å². The van der Waals surface area contributed by atoms with E-state index in [1.807, 2.05) is 0 Å². The summed E-state index contributed by atoms with van der Waals surface area (Å²) in [5.74, 6) is -1.20. The van der Waals surface area contributed by atoms with Crippen molar-refractivity contribution < 1.29 is 32.4 Å². The molecule has 11 heteroatoms. The molecule has 0 fully saturated rings. The summed E-state index contributed by atoms with van der Waals surface area (Å²) in [6.45, 7) is 0. The number of carbonyl (C=O) groups excluding carboxylic acids is 1. The molecule has 3 aromatic rings. The zero-order chi connectivity index (χ0) is 25.5. The van der Waals surface area contributed by atoms with E-state index in [1.165, 1.54) is 13.2 Å². The van der Waals surface area contributed by atoms with E-state index in [4.69, 9.17) is 20.4 Å². The van der Waals surface area contributed by atoms with Gasteiger partial charge in [-0.25, -0.2) is 4.79 Å². The molecule has 0 aliphatic heterocycles. The number of amides is 1. The molecule has 0 saturated carbocycles. The van der Waals surface area contributed by atoms with E-state index in [9.17, 15) is 23.1 Å². The zero-order valence-electron chi connectivity index (χ0n) is 18.3. The van der Waals surface area contributed by atoms with E-state index in [0.29, 0.717) is 34.4 Å². The van der Waals surface area contributed by atoms with E-state index >= 15 is 0 Å². The number of nitrogens with two attached hydrogens (primary N) is 1. The second kappa shape index (κ2) is 11.1. The maximum Gasteiger partial charge on any atom is 0.336 e. The van der Waals surface area contributed by atoms with E-state index in [1.54, 1.807) is 60.7 Å². The lowest BCUT2D eigenvalue weighted by atomic mass is 9.94. The van der Waals surface area contributed by atoms with Crippen molar-refractivity contribution in [3.8, 4) is 16.9 Å². The summed E-state index contributed by atoms with van der Waals surface area (Å²) in [7, 11) is -2.20. The fourth-order valence-electron chi connectivity index (χ4n) is 2.99. The number of rotatable bonds is 6. The average molecular weight is 486 g/mol. The quantitative estimate of drug-likeness (QED) is 0.201. The third-order valence-corrected chi connectivity index (χ3v) is 4.37. The van der Waals surface area contributed by atoms with Crippen LogP contribution in [-0.4, -0.2) is 49.2 Å². The molecular weight excluding hydrogens is 462 g/mol. The number of hydrogen-bond donors (Lipinski definition) is 5. The van der Waals surface area contributed by atoms with Crippen LogP contribution >= 0.6 is 0 Å². The Morgan fingerprint density at radius 3 is 2.06 bits per heavy atom. The number of hydrogen-bond acceptors (Lipinski definition) is 6. The van der Waals surface area contributed by atoms with Gasteiger partial charge in [0.25, 0.3) is 16.0 Å². The van der Waals surface area contributed by atoms with Crippen LogP contribution < -0.4 is 15.8 Å². The normalized spacial score (nSPS) is 10.4. The van der Waals surface area contributed by atoms with Gasteiger partial charge in [-0.15, -0.1) is 0 Å². The summed E-state index contributed by atoms with van der Waals surface area (Å²) in [6.07, 6.45) is 0.715. The lowest BCUT2D eigenvalue weighted by Gasteiger charge is -2.16. The van der Waals surface area contributed by atoms with Crippen LogP contribution in [0.3, 0.4) is 0 Å². The van der Waals surface area contributed by atoms with E-state index in [2.05, 4.69) is 5.32 Å². The predicted molar refractivity (Wildman–Crippen MR) is 128 cm³/mol. The highest BCUT2D eigenvalue weighted by atomic mass is 32.2. The second-order valence-electron chi connectivity index (χ2n) is 6.91. The topological polar surface area (TPSA) is 180 Å². The van der Waals surface area contributed by atoms with Gasteiger partial charge in [0, 0.05) is 22.4 Å². The summed E-state index contributed by atoms with van der Waals surface area (Å²) in [5, 5.41) is 19.8. The number of amidine groups is 1. The van der Waals surface area contributed by atoms with Crippen LogP contribution in [0.25, 0.3) is 11.1 Å². The zero-order valence-corrected chi connectivity index (χ0v) is 19.1. The minimum absolute atomic E-state index is 0.0664. The molecule has 0 unspecified atom stereocenters. The van der Waals surface area contributed by atoms with E-state index in [0.717, 1.165) is 0 Å². The molecule has 0 aliphatic rings. The van der Waals surface area contributed by atoms with Crippen LogP contribution in [0.4, 0.5) is 5.69 Å². The standard InChI is InChI=1S/C22H19N3O4.CH4O3S/c1-29-18-8-4-7-17(19(18)15-5-2-3-6-16(15)22(27)28)21(26)25-14-11-9-13(10-12-14)20(23)24;1-5(2,3)4/h2-12H,1H3,(H3,23,24)(H,25,26)(H,27,28);1H3,(H,2,3,4). The smallest absolute Gasteiger partial charge is 0.336 e. The molecule has 0 radical (unpaired) electrons. The molecule has 3 rings (SSSR count). The Morgan fingerprint density at radius 1 is 0.971 bits per heavy atom. The number of carboxylic acids is 1. The van der Waals surface area contributed by atoms with Crippen molar-refractivity contribution in [2.75, 3.05) is 18.7 Å². The lowest BCUT2D eigenvalue weighted by Crippen LogP contribution is -2.15. The van der Waals surface area contributed by atoms with Gasteiger partial charge < -0.3 is 20.9 Å². The fraction of sp³-hybridized carbons (Fsp3) is 0.0870. The maximum atomic E-state index is 13.0.